The molecule has 1 aliphatic rings. The lowest BCUT2D eigenvalue weighted by atomic mass is 9.73. The van der Waals surface area contributed by atoms with E-state index in [1.807, 2.05) is 37.3 Å². The second-order valence-corrected chi connectivity index (χ2v) is 5.55. The molecule has 2 aromatic rings. The van der Waals surface area contributed by atoms with Gasteiger partial charge in [0.15, 0.2) is 0 Å². The van der Waals surface area contributed by atoms with Crippen LogP contribution < -0.4 is 5.32 Å². The van der Waals surface area contributed by atoms with Gasteiger partial charge in [-0.05, 0) is 31.9 Å². The van der Waals surface area contributed by atoms with Crippen LogP contribution in [-0.4, -0.2) is 17.0 Å². The van der Waals surface area contributed by atoms with Crippen LogP contribution in [0.25, 0.3) is 11.0 Å². The van der Waals surface area contributed by atoms with Crippen LogP contribution in [0.1, 0.15) is 31.6 Å². The standard InChI is InChI=1S/C16H17NO4/c1-9(14-8-10-4-2-3-5-13(10)21-14)17-15(18)11-6-7-12(11)16(19)20/h2-5,8-9,11-12H,6-7H2,1H3,(H,17,18)(H,19,20). The summed E-state index contributed by atoms with van der Waals surface area (Å²) in [5.41, 5.74) is 0.778. The number of hydrogen-bond acceptors (Lipinski definition) is 3. The largest absolute Gasteiger partial charge is 0.481 e. The van der Waals surface area contributed by atoms with E-state index in [0.717, 1.165) is 11.0 Å². The summed E-state index contributed by atoms with van der Waals surface area (Å²) in [4.78, 5) is 23.1. The molecule has 1 fully saturated rings. The number of carbonyl (C=O) groups excluding carboxylic acids is 1. The number of hydrogen-bond donors (Lipinski definition) is 2. The lowest BCUT2D eigenvalue weighted by Crippen LogP contribution is -2.44. The lowest BCUT2D eigenvalue weighted by Gasteiger charge is -2.32. The smallest absolute Gasteiger partial charge is 0.307 e. The molecule has 2 N–H and O–H groups in total. The van der Waals surface area contributed by atoms with E-state index >= 15 is 0 Å². The second kappa shape index (κ2) is 5.24. The molecule has 1 aliphatic carbocycles. The van der Waals surface area contributed by atoms with Crippen LogP contribution in [0.5, 0.6) is 0 Å². The number of rotatable bonds is 4. The maximum Gasteiger partial charge on any atom is 0.307 e. The number of benzene rings is 1. The number of aliphatic carboxylic acids is 1. The molecule has 1 heterocycles. The lowest BCUT2D eigenvalue weighted by molar-refractivity contribution is -0.153. The summed E-state index contributed by atoms with van der Waals surface area (Å²) in [6, 6.07) is 9.26. The van der Waals surface area contributed by atoms with Crippen molar-refractivity contribution < 1.29 is 19.1 Å². The Morgan fingerprint density at radius 2 is 2.00 bits per heavy atom. The minimum absolute atomic E-state index is 0.207. The Morgan fingerprint density at radius 1 is 1.29 bits per heavy atom. The maximum atomic E-state index is 12.1. The summed E-state index contributed by atoms with van der Waals surface area (Å²) < 4.78 is 5.71. The van der Waals surface area contributed by atoms with Gasteiger partial charge in [-0.1, -0.05) is 18.2 Å². The van der Waals surface area contributed by atoms with Crippen LogP contribution in [0, 0.1) is 11.8 Å². The molecule has 5 heteroatoms. The SMILES string of the molecule is CC(NC(=O)C1CCC1C(=O)O)c1cc2ccccc2o1. The monoisotopic (exact) mass is 287 g/mol. The van der Waals surface area contributed by atoms with Crippen LogP contribution in [0.2, 0.25) is 0 Å². The van der Waals surface area contributed by atoms with Crippen LogP contribution in [0.15, 0.2) is 34.7 Å². The van der Waals surface area contributed by atoms with Crippen molar-refractivity contribution in [2.75, 3.05) is 0 Å². The molecule has 3 atom stereocenters. The molecule has 1 amide bonds. The third-order valence-corrected chi connectivity index (χ3v) is 4.16. The van der Waals surface area contributed by atoms with Crippen molar-refractivity contribution >= 4 is 22.8 Å². The number of furan rings is 1. The van der Waals surface area contributed by atoms with E-state index in [2.05, 4.69) is 5.32 Å². The average Bonchev–Trinajstić information content (AvgIpc) is 2.80. The van der Waals surface area contributed by atoms with E-state index in [1.54, 1.807) is 0 Å². The zero-order valence-corrected chi connectivity index (χ0v) is 11.7. The summed E-state index contributed by atoms with van der Waals surface area (Å²) >= 11 is 0. The molecule has 1 saturated carbocycles. The van der Waals surface area contributed by atoms with Gasteiger partial charge in [0.25, 0.3) is 0 Å². The van der Waals surface area contributed by atoms with Crippen molar-refractivity contribution in [1.82, 2.24) is 5.32 Å². The predicted octanol–water partition coefficient (Wildman–Crippen LogP) is 2.72. The Bertz CT molecular complexity index is 657. The molecule has 0 spiro atoms. The number of carboxylic acid groups (broad SMARTS) is 1. The van der Waals surface area contributed by atoms with Crippen molar-refractivity contribution in [2.45, 2.75) is 25.8 Å². The first-order valence-electron chi connectivity index (χ1n) is 7.08. The first-order valence-corrected chi connectivity index (χ1v) is 7.08. The van der Waals surface area contributed by atoms with E-state index < -0.39 is 17.8 Å². The zero-order valence-electron chi connectivity index (χ0n) is 11.7. The first-order chi connectivity index (χ1) is 10.1. The zero-order chi connectivity index (χ0) is 15.0. The molecule has 1 aromatic heterocycles. The van der Waals surface area contributed by atoms with Crippen LogP contribution in [0.4, 0.5) is 0 Å². The Morgan fingerprint density at radius 3 is 2.62 bits per heavy atom. The summed E-state index contributed by atoms with van der Waals surface area (Å²) in [7, 11) is 0. The van der Waals surface area contributed by atoms with Gasteiger partial charge in [0.2, 0.25) is 5.91 Å². The third-order valence-electron chi connectivity index (χ3n) is 4.16. The molecule has 1 aromatic carbocycles. The van der Waals surface area contributed by atoms with E-state index in [0.29, 0.717) is 18.6 Å². The van der Waals surface area contributed by atoms with Gasteiger partial charge < -0.3 is 14.8 Å². The normalized spacial score (nSPS) is 22.5. The molecule has 0 saturated heterocycles. The van der Waals surface area contributed by atoms with Gasteiger partial charge in [0, 0.05) is 5.39 Å². The molecule has 110 valence electrons. The number of carbonyl (C=O) groups is 2. The predicted molar refractivity (Wildman–Crippen MR) is 76.6 cm³/mol. The van der Waals surface area contributed by atoms with Crippen molar-refractivity contribution in [3.8, 4) is 0 Å². The Hall–Kier alpha value is -2.30. The minimum Gasteiger partial charge on any atom is -0.481 e. The summed E-state index contributed by atoms with van der Waals surface area (Å²) in [5.74, 6) is -1.39. The third kappa shape index (κ3) is 2.51. The van der Waals surface area contributed by atoms with E-state index in [4.69, 9.17) is 9.52 Å². The maximum absolute atomic E-state index is 12.1. The highest BCUT2D eigenvalue weighted by Gasteiger charge is 2.41. The number of para-hydroxylation sites is 1. The van der Waals surface area contributed by atoms with Gasteiger partial charge >= 0.3 is 5.97 Å². The summed E-state index contributed by atoms with van der Waals surface area (Å²) in [5, 5.41) is 12.8. The molecule has 21 heavy (non-hydrogen) atoms. The van der Waals surface area contributed by atoms with Crippen molar-refractivity contribution in [3.63, 3.8) is 0 Å². The van der Waals surface area contributed by atoms with Crippen LogP contribution >= 0.6 is 0 Å². The number of amides is 1. The quantitative estimate of drug-likeness (QED) is 0.906. The van der Waals surface area contributed by atoms with Gasteiger partial charge in [-0.2, -0.15) is 0 Å². The highest BCUT2D eigenvalue weighted by molar-refractivity contribution is 5.86. The fraction of sp³-hybridized carbons (Fsp3) is 0.375. The van der Waals surface area contributed by atoms with Crippen molar-refractivity contribution in [3.05, 3.63) is 36.1 Å². The highest BCUT2D eigenvalue weighted by atomic mass is 16.4. The second-order valence-electron chi connectivity index (χ2n) is 5.55. The molecule has 3 unspecified atom stereocenters. The van der Waals surface area contributed by atoms with Crippen molar-refractivity contribution in [2.24, 2.45) is 11.8 Å². The first kappa shape index (κ1) is 13.7. The van der Waals surface area contributed by atoms with Gasteiger partial charge in [-0.25, -0.2) is 0 Å². The fourth-order valence-corrected chi connectivity index (χ4v) is 2.72. The average molecular weight is 287 g/mol. The molecule has 3 rings (SSSR count). The summed E-state index contributed by atoms with van der Waals surface area (Å²) in [6.07, 6.45) is 1.21. The summed E-state index contributed by atoms with van der Waals surface area (Å²) in [6.45, 7) is 1.84. The Balaban J connectivity index is 1.69. The van der Waals surface area contributed by atoms with Gasteiger partial charge in [0.1, 0.15) is 11.3 Å². The molecule has 0 bridgehead atoms. The minimum atomic E-state index is -0.891. The van der Waals surface area contributed by atoms with E-state index in [9.17, 15) is 9.59 Å². The van der Waals surface area contributed by atoms with Gasteiger partial charge in [-0.15, -0.1) is 0 Å². The molecule has 5 nitrogen and oxygen atoms in total. The number of carboxylic acids is 1. The van der Waals surface area contributed by atoms with Gasteiger partial charge in [-0.3, -0.25) is 9.59 Å². The van der Waals surface area contributed by atoms with Crippen LogP contribution in [-0.2, 0) is 9.59 Å². The highest BCUT2D eigenvalue weighted by Crippen LogP contribution is 2.35. The van der Waals surface area contributed by atoms with Gasteiger partial charge in [0.05, 0.1) is 17.9 Å². The van der Waals surface area contributed by atoms with E-state index in [1.165, 1.54) is 0 Å². The molecule has 0 radical (unpaired) electrons. The van der Waals surface area contributed by atoms with Crippen molar-refractivity contribution in [1.29, 1.82) is 0 Å². The Kier molecular flexibility index (Phi) is 3.41. The fourth-order valence-electron chi connectivity index (χ4n) is 2.72. The van der Waals surface area contributed by atoms with E-state index in [-0.39, 0.29) is 11.9 Å². The molecular formula is C16H17NO4. The van der Waals surface area contributed by atoms with Crippen LogP contribution in [0.3, 0.4) is 0 Å². The Labute approximate surface area is 121 Å². The molecule has 0 aliphatic heterocycles. The number of fused-ring (bicyclic) bond motifs is 1. The number of nitrogens with one attached hydrogen (secondary N) is 1. The molecular weight excluding hydrogens is 270 g/mol. The topological polar surface area (TPSA) is 79.5 Å².